The zero-order valence-corrected chi connectivity index (χ0v) is 16.5. The van der Waals surface area contributed by atoms with Gasteiger partial charge < -0.3 is 10.3 Å². The molecule has 0 saturated carbocycles. The van der Waals surface area contributed by atoms with Gasteiger partial charge in [0.05, 0.1) is 16.6 Å². The number of pyridine rings is 1. The Morgan fingerprint density at radius 2 is 1.78 bits per heavy atom. The molecule has 0 saturated heterocycles. The highest BCUT2D eigenvalue weighted by atomic mass is 79.9. The van der Waals surface area contributed by atoms with Gasteiger partial charge in [-0.3, -0.25) is 9.78 Å². The van der Waals surface area contributed by atoms with Gasteiger partial charge in [-0.15, -0.1) is 0 Å². The first-order chi connectivity index (χ1) is 13.0. The third-order valence-electron chi connectivity index (χ3n) is 4.48. The quantitative estimate of drug-likeness (QED) is 0.474. The number of halogens is 1. The number of imidazole rings is 1. The summed E-state index contributed by atoms with van der Waals surface area (Å²) in [5.41, 5.74) is 6.60. The van der Waals surface area contributed by atoms with Crippen LogP contribution < -0.4 is 5.32 Å². The van der Waals surface area contributed by atoms with E-state index in [4.69, 9.17) is 0 Å². The number of carbonyl (C=O) groups excluding carboxylic acids is 1. The summed E-state index contributed by atoms with van der Waals surface area (Å²) in [5, 5.41) is 2.88. The smallest absolute Gasteiger partial charge is 0.257 e. The zero-order valence-electron chi connectivity index (χ0n) is 14.9. The molecule has 2 aromatic heterocycles. The number of aromatic nitrogens is 3. The third kappa shape index (κ3) is 3.61. The number of carbonyl (C=O) groups is 1. The van der Waals surface area contributed by atoms with Crippen LogP contribution in [0.3, 0.4) is 0 Å². The van der Waals surface area contributed by atoms with E-state index in [0.717, 1.165) is 26.9 Å². The number of hydrogen-bond donors (Lipinski definition) is 2. The number of aromatic amines is 1. The molecule has 4 aromatic rings. The van der Waals surface area contributed by atoms with Gasteiger partial charge in [0.1, 0.15) is 5.82 Å². The van der Waals surface area contributed by atoms with E-state index in [1.165, 1.54) is 17.3 Å². The van der Waals surface area contributed by atoms with Crippen molar-refractivity contribution in [3.63, 3.8) is 0 Å². The van der Waals surface area contributed by atoms with Crippen LogP contribution in [0, 0.1) is 13.8 Å². The van der Waals surface area contributed by atoms with Crippen LogP contribution in [-0.2, 0) is 0 Å². The fraction of sp³-hybridized carbons (Fsp3) is 0.0952. The molecule has 0 aliphatic carbocycles. The second-order valence-corrected chi connectivity index (χ2v) is 7.38. The van der Waals surface area contributed by atoms with E-state index in [1.54, 1.807) is 12.3 Å². The van der Waals surface area contributed by atoms with Crippen LogP contribution in [0.15, 0.2) is 59.3 Å². The van der Waals surface area contributed by atoms with Gasteiger partial charge >= 0.3 is 0 Å². The summed E-state index contributed by atoms with van der Waals surface area (Å²) in [6.45, 7) is 4.18. The molecule has 134 valence electrons. The maximum absolute atomic E-state index is 12.3. The van der Waals surface area contributed by atoms with Crippen molar-refractivity contribution < 1.29 is 4.79 Å². The van der Waals surface area contributed by atoms with Crippen molar-refractivity contribution in [3.8, 4) is 11.4 Å². The number of nitrogens with one attached hydrogen (secondary N) is 2. The molecule has 0 atom stereocenters. The molecule has 1 amide bonds. The molecule has 4 rings (SSSR count). The summed E-state index contributed by atoms with van der Waals surface area (Å²) < 4.78 is 0.765. The number of anilines is 1. The van der Waals surface area contributed by atoms with Crippen molar-refractivity contribution in [2.75, 3.05) is 5.32 Å². The maximum atomic E-state index is 12.3. The summed E-state index contributed by atoms with van der Waals surface area (Å²) in [7, 11) is 0. The first-order valence-electron chi connectivity index (χ1n) is 8.49. The zero-order chi connectivity index (χ0) is 19.0. The maximum Gasteiger partial charge on any atom is 0.257 e. The van der Waals surface area contributed by atoms with Crippen LogP contribution in [0.4, 0.5) is 5.69 Å². The lowest BCUT2D eigenvalue weighted by Gasteiger charge is -2.06. The Kier molecular flexibility index (Phi) is 4.49. The van der Waals surface area contributed by atoms with Gasteiger partial charge in [0.15, 0.2) is 0 Å². The lowest BCUT2D eigenvalue weighted by Crippen LogP contribution is -2.12. The van der Waals surface area contributed by atoms with E-state index in [0.29, 0.717) is 11.3 Å². The summed E-state index contributed by atoms with van der Waals surface area (Å²) in [4.78, 5) is 24.4. The molecular weight excluding hydrogens is 404 g/mol. The van der Waals surface area contributed by atoms with Crippen LogP contribution in [0.25, 0.3) is 22.4 Å². The van der Waals surface area contributed by atoms with E-state index in [2.05, 4.69) is 62.2 Å². The lowest BCUT2D eigenvalue weighted by molar-refractivity contribution is 0.102. The molecule has 5 nitrogen and oxygen atoms in total. The number of hydrogen-bond acceptors (Lipinski definition) is 3. The van der Waals surface area contributed by atoms with E-state index < -0.39 is 0 Å². The predicted octanol–water partition coefficient (Wildman–Crippen LogP) is 5.26. The first-order valence-corrected chi connectivity index (χ1v) is 9.28. The normalized spacial score (nSPS) is 10.9. The Balaban J connectivity index is 1.56. The standard InChI is InChI=1S/C21H17BrN4O/c1-12-7-18-19(8-13(12)2)26-20(25-18)14-3-5-17(6-4-14)24-21(27)15-9-16(22)11-23-10-15/h3-11H,1-2H3,(H,24,27)(H,25,26). The Hall–Kier alpha value is -2.99. The molecule has 0 bridgehead atoms. The van der Waals surface area contributed by atoms with Crippen LogP contribution >= 0.6 is 15.9 Å². The van der Waals surface area contributed by atoms with Crippen LogP contribution in [0.5, 0.6) is 0 Å². The SMILES string of the molecule is Cc1cc2nc(-c3ccc(NC(=O)c4cncc(Br)c4)cc3)[nH]c2cc1C. The van der Waals surface area contributed by atoms with Crippen LogP contribution in [0.2, 0.25) is 0 Å². The van der Waals surface area contributed by atoms with Gasteiger partial charge in [-0.25, -0.2) is 4.98 Å². The highest BCUT2D eigenvalue weighted by molar-refractivity contribution is 9.10. The minimum absolute atomic E-state index is 0.203. The Morgan fingerprint density at radius 3 is 2.52 bits per heavy atom. The van der Waals surface area contributed by atoms with Crippen molar-refractivity contribution in [1.82, 2.24) is 15.0 Å². The average molecular weight is 421 g/mol. The van der Waals surface area contributed by atoms with Crippen LogP contribution in [-0.4, -0.2) is 20.9 Å². The van der Waals surface area contributed by atoms with Gasteiger partial charge in [0, 0.05) is 28.1 Å². The molecule has 2 heterocycles. The van der Waals surface area contributed by atoms with E-state index in [9.17, 15) is 4.79 Å². The lowest BCUT2D eigenvalue weighted by atomic mass is 10.1. The first kappa shape index (κ1) is 17.4. The average Bonchev–Trinajstić information content (AvgIpc) is 3.05. The number of nitrogens with zero attached hydrogens (tertiary/aromatic N) is 2. The van der Waals surface area contributed by atoms with Gasteiger partial charge in [0.2, 0.25) is 0 Å². The second-order valence-electron chi connectivity index (χ2n) is 6.46. The monoisotopic (exact) mass is 420 g/mol. The number of rotatable bonds is 3. The Bertz CT molecular complexity index is 1110. The summed E-state index contributed by atoms with van der Waals surface area (Å²) in [5.74, 6) is 0.607. The van der Waals surface area contributed by atoms with Crippen molar-refractivity contribution in [2.24, 2.45) is 0 Å². The van der Waals surface area contributed by atoms with E-state index >= 15 is 0 Å². The second kappa shape index (κ2) is 6.96. The fourth-order valence-electron chi connectivity index (χ4n) is 2.86. The van der Waals surface area contributed by atoms with E-state index in [1.807, 2.05) is 24.3 Å². The summed E-state index contributed by atoms with van der Waals surface area (Å²) >= 11 is 3.32. The van der Waals surface area contributed by atoms with Crippen molar-refractivity contribution in [1.29, 1.82) is 0 Å². The molecule has 0 unspecified atom stereocenters. The van der Waals surface area contributed by atoms with Crippen LogP contribution in [0.1, 0.15) is 21.5 Å². The minimum atomic E-state index is -0.203. The molecular formula is C21H17BrN4O. The Labute approximate surface area is 165 Å². The van der Waals surface area contributed by atoms with E-state index in [-0.39, 0.29) is 5.91 Å². The summed E-state index contributed by atoms with van der Waals surface area (Å²) in [6.07, 6.45) is 3.18. The summed E-state index contributed by atoms with van der Waals surface area (Å²) in [6, 6.07) is 13.5. The molecule has 0 spiro atoms. The van der Waals surface area contributed by atoms with Gasteiger partial charge in [0.25, 0.3) is 5.91 Å². The fourth-order valence-corrected chi connectivity index (χ4v) is 3.22. The highest BCUT2D eigenvalue weighted by Gasteiger charge is 2.09. The van der Waals surface area contributed by atoms with Crippen molar-refractivity contribution in [2.45, 2.75) is 13.8 Å². The van der Waals surface area contributed by atoms with Gasteiger partial charge in [-0.1, -0.05) is 0 Å². The molecule has 27 heavy (non-hydrogen) atoms. The minimum Gasteiger partial charge on any atom is -0.338 e. The Morgan fingerprint density at radius 1 is 1.04 bits per heavy atom. The number of benzene rings is 2. The van der Waals surface area contributed by atoms with Crippen molar-refractivity contribution in [3.05, 3.63) is 76.0 Å². The highest BCUT2D eigenvalue weighted by Crippen LogP contribution is 2.24. The molecule has 2 aromatic carbocycles. The molecule has 0 aliphatic rings. The number of H-pyrrole nitrogens is 1. The number of fused-ring (bicyclic) bond motifs is 1. The molecule has 0 radical (unpaired) electrons. The third-order valence-corrected chi connectivity index (χ3v) is 4.91. The van der Waals surface area contributed by atoms with Gasteiger partial charge in [-0.2, -0.15) is 0 Å². The predicted molar refractivity (Wildman–Crippen MR) is 111 cm³/mol. The largest absolute Gasteiger partial charge is 0.338 e. The number of amides is 1. The molecule has 0 aliphatic heterocycles. The molecule has 0 fully saturated rings. The van der Waals surface area contributed by atoms with Gasteiger partial charge in [-0.05, 0) is 83.4 Å². The van der Waals surface area contributed by atoms with Crippen molar-refractivity contribution >= 4 is 38.6 Å². The molecule has 6 heteroatoms. The molecule has 2 N–H and O–H groups in total. The topological polar surface area (TPSA) is 70.7 Å². The number of aryl methyl sites for hydroxylation is 2.